The Labute approximate surface area is 73.4 Å². The van der Waals surface area contributed by atoms with Crippen molar-refractivity contribution in [1.82, 2.24) is 15.1 Å². The van der Waals surface area contributed by atoms with E-state index in [4.69, 9.17) is 0 Å². The van der Waals surface area contributed by atoms with Crippen molar-refractivity contribution in [2.24, 2.45) is 0 Å². The van der Waals surface area contributed by atoms with Crippen LogP contribution in [-0.4, -0.2) is 15.1 Å². The highest BCUT2D eigenvalue weighted by atomic mass is 16.5. The summed E-state index contributed by atoms with van der Waals surface area (Å²) in [5.74, 6) is 0. The molecule has 0 fully saturated rings. The van der Waals surface area contributed by atoms with Crippen LogP contribution in [-0.2, 0) is 0 Å². The van der Waals surface area contributed by atoms with Crippen molar-refractivity contribution in [1.29, 1.82) is 0 Å². The fraction of sp³-hybridized carbons (Fsp3) is 0.125. The molecule has 0 amide bonds. The molecule has 0 spiro atoms. The molecule has 1 N–H and O–H groups in total. The van der Waals surface area contributed by atoms with E-state index in [0.717, 1.165) is 5.69 Å². The van der Waals surface area contributed by atoms with Gasteiger partial charge in [0, 0.05) is 12.4 Å². The molecule has 66 valence electrons. The first-order valence-corrected chi connectivity index (χ1v) is 3.74. The summed E-state index contributed by atoms with van der Waals surface area (Å²) in [5.41, 5.74) is 1.52. The van der Waals surface area contributed by atoms with E-state index < -0.39 is 5.63 Å². The van der Waals surface area contributed by atoms with E-state index in [2.05, 4.69) is 19.6 Å². The quantitative estimate of drug-likeness (QED) is 0.697. The molecule has 0 radical (unpaired) electrons. The van der Waals surface area contributed by atoms with Crippen molar-refractivity contribution >= 4 is 0 Å². The second-order valence-electron chi connectivity index (χ2n) is 2.57. The first-order chi connectivity index (χ1) is 6.27. The highest BCUT2D eigenvalue weighted by molar-refractivity contribution is 5.54. The number of hydrogen-bond donors (Lipinski definition) is 1. The smallest absolute Gasteiger partial charge is 0.338 e. The molecule has 2 heterocycles. The summed E-state index contributed by atoms with van der Waals surface area (Å²) in [7, 11) is 0. The maximum absolute atomic E-state index is 10.7. The van der Waals surface area contributed by atoms with Crippen LogP contribution in [0.3, 0.4) is 0 Å². The fourth-order valence-electron chi connectivity index (χ4n) is 1.07. The third-order valence-corrected chi connectivity index (χ3v) is 1.66. The van der Waals surface area contributed by atoms with Crippen LogP contribution in [0.4, 0.5) is 0 Å². The number of rotatable bonds is 1. The van der Waals surface area contributed by atoms with Crippen molar-refractivity contribution in [3.63, 3.8) is 0 Å². The lowest BCUT2D eigenvalue weighted by Gasteiger charge is -1.97. The summed E-state index contributed by atoms with van der Waals surface area (Å²) in [4.78, 5) is 18.8. The number of hydrogen-bond acceptors (Lipinski definition) is 4. The molecular formula is C8H7N3O2. The number of aryl methyl sites for hydroxylation is 1. The molecule has 0 saturated heterocycles. The van der Waals surface area contributed by atoms with Crippen LogP contribution >= 0.6 is 0 Å². The molecule has 0 aromatic carbocycles. The van der Waals surface area contributed by atoms with E-state index in [1.54, 1.807) is 12.4 Å². The van der Waals surface area contributed by atoms with Crippen molar-refractivity contribution in [3.8, 4) is 11.4 Å². The molecule has 0 aliphatic carbocycles. The first kappa shape index (κ1) is 7.72. The van der Waals surface area contributed by atoms with Crippen LogP contribution in [0.1, 0.15) is 5.69 Å². The normalized spacial score (nSPS) is 10.2. The molecule has 5 nitrogen and oxygen atoms in total. The number of nitrogens with one attached hydrogen (secondary N) is 1. The molecule has 0 saturated carbocycles. The maximum Gasteiger partial charge on any atom is 0.357 e. The Morgan fingerprint density at radius 2 is 2.15 bits per heavy atom. The van der Waals surface area contributed by atoms with Gasteiger partial charge in [-0.2, -0.15) is 0 Å². The summed E-state index contributed by atoms with van der Waals surface area (Å²) in [6.45, 7) is 1.81. The van der Waals surface area contributed by atoms with E-state index in [0.29, 0.717) is 11.4 Å². The Hall–Kier alpha value is -1.91. The second-order valence-corrected chi connectivity index (χ2v) is 2.57. The standard InChI is InChI=1S/C8H7N3O2/c1-5-8(10-3-2-9-5)6-4-7(12)13-11-6/h2-4,11H,1H3. The van der Waals surface area contributed by atoms with E-state index in [1.807, 2.05) is 6.92 Å². The van der Waals surface area contributed by atoms with Crippen molar-refractivity contribution in [3.05, 3.63) is 34.6 Å². The van der Waals surface area contributed by atoms with Gasteiger partial charge in [-0.15, -0.1) is 0 Å². The zero-order valence-electron chi connectivity index (χ0n) is 6.94. The van der Waals surface area contributed by atoms with Gasteiger partial charge >= 0.3 is 5.63 Å². The van der Waals surface area contributed by atoms with Crippen molar-refractivity contribution < 1.29 is 4.52 Å². The van der Waals surface area contributed by atoms with Gasteiger partial charge in [0.2, 0.25) is 0 Å². The predicted octanol–water partition coefficient (Wildman–Crippen LogP) is 0.733. The fourth-order valence-corrected chi connectivity index (χ4v) is 1.07. The summed E-state index contributed by atoms with van der Waals surface area (Å²) in [6, 6.07) is 1.34. The number of aromatic nitrogens is 3. The van der Waals surface area contributed by atoms with Crippen LogP contribution < -0.4 is 5.63 Å². The minimum atomic E-state index is -0.417. The Bertz CT molecular complexity index is 472. The largest absolute Gasteiger partial charge is 0.357 e. The Balaban J connectivity index is 2.58. The zero-order chi connectivity index (χ0) is 9.26. The molecule has 0 atom stereocenters. The molecule has 5 heteroatoms. The monoisotopic (exact) mass is 177 g/mol. The Kier molecular flexibility index (Phi) is 1.70. The molecule has 13 heavy (non-hydrogen) atoms. The zero-order valence-corrected chi connectivity index (χ0v) is 6.94. The molecule has 0 bridgehead atoms. The minimum absolute atomic E-state index is 0.417. The van der Waals surface area contributed by atoms with E-state index in [-0.39, 0.29) is 0 Å². The van der Waals surface area contributed by atoms with E-state index in [1.165, 1.54) is 6.07 Å². The highest BCUT2D eigenvalue weighted by Gasteiger charge is 2.06. The van der Waals surface area contributed by atoms with Crippen molar-refractivity contribution in [2.75, 3.05) is 0 Å². The van der Waals surface area contributed by atoms with E-state index >= 15 is 0 Å². The third-order valence-electron chi connectivity index (χ3n) is 1.66. The lowest BCUT2D eigenvalue weighted by Crippen LogP contribution is -1.91. The Morgan fingerprint density at radius 3 is 2.77 bits per heavy atom. The SMILES string of the molecule is Cc1nccnc1-c1cc(=O)o[nH]1. The van der Waals surface area contributed by atoms with E-state index in [9.17, 15) is 4.79 Å². The predicted molar refractivity (Wildman–Crippen MR) is 45.1 cm³/mol. The Morgan fingerprint density at radius 1 is 1.38 bits per heavy atom. The minimum Gasteiger partial charge on any atom is -0.338 e. The maximum atomic E-state index is 10.7. The second kappa shape index (κ2) is 2.85. The van der Waals surface area contributed by atoms with Crippen LogP contribution in [0.2, 0.25) is 0 Å². The van der Waals surface area contributed by atoms with Crippen LogP contribution in [0.15, 0.2) is 27.8 Å². The molecule has 2 rings (SSSR count). The molecular weight excluding hydrogens is 170 g/mol. The van der Waals surface area contributed by atoms with Crippen LogP contribution in [0.5, 0.6) is 0 Å². The van der Waals surface area contributed by atoms with Gasteiger partial charge in [0.1, 0.15) is 11.4 Å². The van der Waals surface area contributed by atoms with Crippen LogP contribution in [0, 0.1) is 6.92 Å². The van der Waals surface area contributed by atoms with Crippen molar-refractivity contribution in [2.45, 2.75) is 6.92 Å². The summed E-state index contributed by atoms with van der Waals surface area (Å²) >= 11 is 0. The van der Waals surface area contributed by atoms with Gasteiger partial charge < -0.3 is 4.52 Å². The molecule has 0 aliphatic rings. The van der Waals surface area contributed by atoms with Gasteiger partial charge in [-0.25, -0.2) is 9.95 Å². The average molecular weight is 177 g/mol. The number of H-pyrrole nitrogens is 1. The topological polar surface area (TPSA) is 71.8 Å². The summed E-state index contributed by atoms with van der Waals surface area (Å²) < 4.78 is 4.53. The number of nitrogens with zero attached hydrogens (tertiary/aromatic N) is 2. The summed E-state index contributed by atoms with van der Waals surface area (Å²) in [5, 5.41) is 2.47. The van der Waals surface area contributed by atoms with Gasteiger partial charge in [-0.3, -0.25) is 9.97 Å². The molecule has 2 aromatic rings. The summed E-state index contributed by atoms with van der Waals surface area (Å²) in [6.07, 6.45) is 3.16. The first-order valence-electron chi connectivity index (χ1n) is 3.74. The number of aromatic amines is 1. The van der Waals surface area contributed by atoms with Gasteiger partial charge in [0.15, 0.2) is 0 Å². The van der Waals surface area contributed by atoms with Crippen LogP contribution in [0.25, 0.3) is 11.4 Å². The van der Waals surface area contributed by atoms with Gasteiger partial charge in [-0.1, -0.05) is 0 Å². The molecule has 0 aliphatic heterocycles. The molecule has 0 unspecified atom stereocenters. The lowest BCUT2D eigenvalue weighted by molar-refractivity contribution is 0.393. The lowest BCUT2D eigenvalue weighted by atomic mass is 10.2. The van der Waals surface area contributed by atoms with Gasteiger partial charge in [0.05, 0.1) is 11.8 Å². The third kappa shape index (κ3) is 1.35. The van der Waals surface area contributed by atoms with Gasteiger partial charge in [0.25, 0.3) is 0 Å². The molecule has 2 aromatic heterocycles. The van der Waals surface area contributed by atoms with Gasteiger partial charge in [-0.05, 0) is 6.92 Å². The highest BCUT2D eigenvalue weighted by Crippen LogP contribution is 2.13. The average Bonchev–Trinajstić information content (AvgIpc) is 2.53.